The quantitative estimate of drug-likeness (QED) is 0.148. The molecule has 0 unspecified atom stereocenters. The zero-order valence-corrected chi connectivity index (χ0v) is 37.7. The van der Waals surface area contributed by atoms with Crippen LogP contribution in [0.4, 0.5) is 0 Å². The average molecular weight is 845 g/mol. The molecule has 2 nitrogen and oxygen atoms in total. The number of para-hydroxylation sites is 4. The van der Waals surface area contributed by atoms with Gasteiger partial charge in [-0.25, -0.2) is 0 Å². The molecule has 0 amide bonds. The molecule has 2 heteroatoms. The summed E-state index contributed by atoms with van der Waals surface area (Å²) in [5, 5.41) is 5.08. The molecular formula is C64H48N2. The van der Waals surface area contributed by atoms with E-state index in [1.165, 1.54) is 122 Å². The zero-order chi connectivity index (χ0) is 44.3. The first-order valence-electron chi connectivity index (χ1n) is 23.2. The van der Waals surface area contributed by atoms with Gasteiger partial charge in [-0.05, 0) is 140 Å². The third-order valence-electron chi connectivity index (χ3n) is 14.9. The Kier molecular flexibility index (Phi) is 8.33. The van der Waals surface area contributed by atoms with E-state index in [0.717, 1.165) is 0 Å². The Morgan fingerprint density at radius 1 is 0.288 bits per heavy atom. The molecule has 0 fully saturated rings. The molecule has 13 rings (SSSR count). The Morgan fingerprint density at radius 2 is 0.621 bits per heavy atom. The molecule has 0 spiro atoms. The van der Waals surface area contributed by atoms with Crippen LogP contribution in [0.5, 0.6) is 0 Å². The molecule has 9 aromatic carbocycles. The summed E-state index contributed by atoms with van der Waals surface area (Å²) in [6.07, 6.45) is 9.11. The smallest absolute Gasteiger partial charge is 0.0541 e. The van der Waals surface area contributed by atoms with E-state index >= 15 is 0 Å². The van der Waals surface area contributed by atoms with Crippen LogP contribution in [0.15, 0.2) is 194 Å². The summed E-state index contributed by atoms with van der Waals surface area (Å²) in [6, 6.07) is 71.7. The van der Waals surface area contributed by atoms with Crippen LogP contribution in [0, 0.1) is 0 Å². The van der Waals surface area contributed by atoms with Crippen molar-refractivity contribution in [1.82, 2.24) is 9.13 Å². The lowest BCUT2D eigenvalue weighted by Gasteiger charge is -2.24. The molecule has 66 heavy (non-hydrogen) atoms. The average Bonchev–Trinajstić information content (AvgIpc) is 4.00. The summed E-state index contributed by atoms with van der Waals surface area (Å²) in [7, 11) is 0. The molecule has 0 bridgehead atoms. The fourth-order valence-corrected chi connectivity index (χ4v) is 11.5. The lowest BCUT2D eigenvalue weighted by molar-refractivity contribution is 0.652. The lowest BCUT2D eigenvalue weighted by Crippen LogP contribution is -2.17. The summed E-state index contributed by atoms with van der Waals surface area (Å²) in [5.41, 5.74) is 22.9. The normalized spacial score (nSPS) is 14.5. The summed E-state index contributed by atoms with van der Waals surface area (Å²) < 4.78 is 4.75. The summed E-state index contributed by atoms with van der Waals surface area (Å²) in [6.45, 7) is 9.61. The molecule has 2 aliphatic rings. The molecular weight excluding hydrogens is 797 g/mol. The van der Waals surface area contributed by atoms with Gasteiger partial charge in [-0.3, -0.25) is 0 Å². The third-order valence-corrected chi connectivity index (χ3v) is 14.9. The minimum absolute atomic E-state index is 0.133. The van der Waals surface area contributed by atoms with Crippen LogP contribution in [-0.2, 0) is 10.8 Å². The largest absolute Gasteiger partial charge is 0.309 e. The number of benzene rings is 9. The van der Waals surface area contributed by atoms with Crippen molar-refractivity contribution < 1.29 is 0 Å². The van der Waals surface area contributed by atoms with Crippen LogP contribution in [-0.4, -0.2) is 9.13 Å². The van der Waals surface area contributed by atoms with Gasteiger partial charge in [0.2, 0.25) is 0 Å². The second kappa shape index (κ2) is 14.3. The van der Waals surface area contributed by atoms with Gasteiger partial charge in [0.25, 0.3) is 0 Å². The van der Waals surface area contributed by atoms with E-state index in [0.29, 0.717) is 0 Å². The monoisotopic (exact) mass is 844 g/mol. The van der Waals surface area contributed by atoms with Crippen molar-refractivity contribution in [3.05, 3.63) is 239 Å². The maximum Gasteiger partial charge on any atom is 0.0541 e. The van der Waals surface area contributed by atoms with Crippen molar-refractivity contribution in [2.45, 2.75) is 38.5 Å². The first kappa shape index (κ1) is 38.5. The minimum Gasteiger partial charge on any atom is -0.309 e. The Morgan fingerprint density at radius 3 is 1.05 bits per heavy atom. The second-order valence-electron chi connectivity index (χ2n) is 19.4. The Hall–Kier alpha value is -7.94. The van der Waals surface area contributed by atoms with E-state index in [1.807, 2.05) is 0 Å². The maximum absolute atomic E-state index is 2.52. The van der Waals surface area contributed by atoms with Gasteiger partial charge in [-0.1, -0.05) is 173 Å². The number of aromatic nitrogens is 2. The topological polar surface area (TPSA) is 9.86 Å². The summed E-state index contributed by atoms with van der Waals surface area (Å²) in [5.74, 6) is 0. The predicted octanol–water partition coefficient (Wildman–Crippen LogP) is 16.8. The van der Waals surface area contributed by atoms with Gasteiger partial charge in [0.1, 0.15) is 0 Å². The second-order valence-corrected chi connectivity index (χ2v) is 19.4. The molecule has 0 aliphatic heterocycles. The van der Waals surface area contributed by atoms with Gasteiger partial charge in [0, 0.05) is 43.7 Å². The van der Waals surface area contributed by atoms with Crippen molar-refractivity contribution >= 4 is 67.9 Å². The van der Waals surface area contributed by atoms with E-state index in [-0.39, 0.29) is 10.8 Å². The first-order chi connectivity index (χ1) is 32.2. The zero-order valence-electron chi connectivity index (χ0n) is 37.7. The highest BCUT2D eigenvalue weighted by molar-refractivity contribution is 6.11. The van der Waals surface area contributed by atoms with Crippen LogP contribution >= 0.6 is 0 Å². The number of nitrogens with zero attached hydrogens (tertiary/aromatic N) is 2. The summed E-state index contributed by atoms with van der Waals surface area (Å²) in [4.78, 5) is 0. The highest BCUT2D eigenvalue weighted by Gasteiger charge is 2.41. The standard InChI is InChI=1S/C64H48N2/c1-63(2)55-37-43(25-23-41-29-33-61-53(35-41)49-19-11-13-21-59(49)65(61)45-15-7-5-8-16-45)27-31-47(55)51-40-58-52(39-57(51)63)48-32-28-44(38-56(48)64(58,3)4)26-24-42-30-34-62-54(36-42)50-20-12-14-22-60(50)66(62)46-17-9-6-10-18-46/h5-40H,1-4H3/b25-23+,26-24+. The number of rotatable bonds is 6. The SMILES string of the molecule is CC1(C)c2cc(/C=C/c3ccc4c(c3)c3ccccc3n4-c3ccccc3)ccc2-c2cc3c(cc21)-c1ccc(/C=C/c2ccc4c(c2)c2ccccc2n4-c2ccccc2)cc1C3(C)C. The fraction of sp³-hybridized carbons (Fsp3) is 0.0938. The van der Waals surface area contributed by atoms with Crippen molar-refractivity contribution in [2.75, 3.05) is 0 Å². The highest BCUT2D eigenvalue weighted by Crippen LogP contribution is 2.56. The molecule has 2 aromatic heterocycles. The molecule has 314 valence electrons. The van der Waals surface area contributed by atoms with Crippen LogP contribution in [0.25, 0.3) is 102 Å². The van der Waals surface area contributed by atoms with Crippen LogP contribution in [0.1, 0.15) is 72.2 Å². The van der Waals surface area contributed by atoms with Crippen molar-refractivity contribution in [1.29, 1.82) is 0 Å². The molecule has 0 atom stereocenters. The molecule has 11 aromatic rings. The third kappa shape index (κ3) is 5.74. The minimum atomic E-state index is -0.133. The first-order valence-corrected chi connectivity index (χ1v) is 23.2. The number of fused-ring (bicyclic) bond motifs is 12. The van der Waals surface area contributed by atoms with Crippen molar-refractivity contribution in [2.24, 2.45) is 0 Å². The Balaban J connectivity index is 0.798. The van der Waals surface area contributed by atoms with Crippen LogP contribution < -0.4 is 0 Å². The van der Waals surface area contributed by atoms with Gasteiger partial charge in [-0.2, -0.15) is 0 Å². The molecule has 2 heterocycles. The Bertz CT molecular complexity index is 3600. The van der Waals surface area contributed by atoms with E-state index in [1.54, 1.807) is 0 Å². The molecule has 0 radical (unpaired) electrons. The fourth-order valence-electron chi connectivity index (χ4n) is 11.5. The maximum atomic E-state index is 2.52. The van der Waals surface area contributed by atoms with Crippen molar-refractivity contribution in [3.63, 3.8) is 0 Å². The highest BCUT2D eigenvalue weighted by atomic mass is 15.0. The predicted molar refractivity (Wildman–Crippen MR) is 281 cm³/mol. The lowest BCUT2D eigenvalue weighted by atomic mass is 9.79. The van der Waals surface area contributed by atoms with Gasteiger partial charge in [0.05, 0.1) is 22.1 Å². The summed E-state index contributed by atoms with van der Waals surface area (Å²) >= 11 is 0. The number of hydrogen-bond acceptors (Lipinski definition) is 0. The van der Waals surface area contributed by atoms with E-state index in [2.05, 4.69) is 255 Å². The number of hydrogen-bond donors (Lipinski definition) is 0. The van der Waals surface area contributed by atoms with Crippen LogP contribution in [0.3, 0.4) is 0 Å². The van der Waals surface area contributed by atoms with Crippen molar-refractivity contribution in [3.8, 4) is 33.6 Å². The van der Waals surface area contributed by atoms with Gasteiger partial charge < -0.3 is 9.13 Å². The van der Waals surface area contributed by atoms with Gasteiger partial charge in [0.15, 0.2) is 0 Å². The molecule has 2 aliphatic carbocycles. The van der Waals surface area contributed by atoms with Gasteiger partial charge in [-0.15, -0.1) is 0 Å². The van der Waals surface area contributed by atoms with Gasteiger partial charge >= 0.3 is 0 Å². The van der Waals surface area contributed by atoms with E-state index in [4.69, 9.17) is 0 Å². The molecule has 0 N–H and O–H groups in total. The molecule has 0 saturated carbocycles. The molecule has 0 saturated heterocycles. The Labute approximate surface area is 386 Å². The van der Waals surface area contributed by atoms with E-state index < -0.39 is 0 Å². The van der Waals surface area contributed by atoms with E-state index in [9.17, 15) is 0 Å². The van der Waals surface area contributed by atoms with Crippen LogP contribution in [0.2, 0.25) is 0 Å².